The Morgan fingerprint density at radius 3 is 2.47 bits per heavy atom. The lowest BCUT2D eigenvalue weighted by Gasteiger charge is -2.15. The topological polar surface area (TPSA) is 59.3 Å². The molecule has 0 aromatic heterocycles. The standard InChI is InChI=1S/C28H23NO3/c1-27(2)25(28(27)16-15-19-9-6-7-14-23(19)28)26(30)32-24(18-29)20-10-8-13-22(17-20)31-21-11-4-3-5-12-21/h3-17,24-25H,1-2H3/t24-,25-,28+/m0/s1. The molecule has 3 aromatic rings. The summed E-state index contributed by atoms with van der Waals surface area (Å²) in [6, 6.07) is 26.8. The molecule has 0 radical (unpaired) electrons. The van der Waals surface area contributed by atoms with Crippen molar-refractivity contribution in [2.45, 2.75) is 25.4 Å². The molecule has 0 heterocycles. The van der Waals surface area contributed by atoms with E-state index < -0.39 is 6.10 Å². The maximum atomic E-state index is 13.3. The number of carbonyl (C=O) groups excluding carboxylic acids is 1. The first-order valence-corrected chi connectivity index (χ1v) is 10.7. The summed E-state index contributed by atoms with van der Waals surface area (Å²) in [5.41, 5.74) is 2.21. The highest BCUT2D eigenvalue weighted by Gasteiger charge is 2.75. The zero-order chi connectivity index (χ0) is 22.3. The van der Waals surface area contributed by atoms with Gasteiger partial charge in [-0.3, -0.25) is 4.79 Å². The van der Waals surface area contributed by atoms with E-state index in [4.69, 9.17) is 9.47 Å². The number of nitriles is 1. The Balaban J connectivity index is 1.36. The number of hydrogen-bond acceptors (Lipinski definition) is 4. The zero-order valence-electron chi connectivity index (χ0n) is 18.0. The molecule has 1 saturated carbocycles. The van der Waals surface area contributed by atoms with Crippen LogP contribution in [0.5, 0.6) is 11.5 Å². The van der Waals surface area contributed by atoms with Gasteiger partial charge in [0.1, 0.15) is 17.6 Å². The number of para-hydroxylation sites is 1. The van der Waals surface area contributed by atoms with Crippen LogP contribution in [0, 0.1) is 22.7 Å². The number of rotatable bonds is 5. The van der Waals surface area contributed by atoms with Crippen LogP contribution in [-0.2, 0) is 14.9 Å². The van der Waals surface area contributed by atoms with E-state index in [0.29, 0.717) is 17.1 Å². The van der Waals surface area contributed by atoms with E-state index in [2.05, 4.69) is 44.2 Å². The van der Waals surface area contributed by atoms with Crippen LogP contribution >= 0.6 is 0 Å². The Morgan fingerprint density at radius 2 is 1.69 bits per heavy atom. The van der Waals surface area contributed by atoms with Crippen molar-refractivity contribution in [3.8, 4) is 17.6 Å². The third kappa shape index (κ3) is 3.01. The van der Waals surface area contributed by atoms with Gasteiger partial charge in [0.2, 0.25) is 6.10 Å². The van der Waals surface area contributed by atoms with Gasteiger partial charge in [0.05, 0.1) is 5.92 Å². The number of allylic oxidation sites excluding steroid dienone is 1. The van der Waals surface area contributed by atoms with Crippen LogP contribution in [0.25, 0.3) is 6.08 Å². The van der Waals surface area contributed by atoms with Gasteiger partial charge >= 0.3 is 5.97 Å². The van der Waals surface area contributed by atoms with Gasteiger partial charge < -0.3 is 9.47 Å². The van der Waals surface area contributed by atoms with Gasteiger partial charge in [-0.25, -0.2) is 0 Å². The Morgan fingerprint density at radius 1 is 0.969 bits per heavy atom. The molecule has 0 bridgehead atoms. The first-order chi connectivity index (χ1) is 15.5. The number of ether oxygens (including phenoxy) is 2. The van der Waals surface area contributed by atoms with E-state index in [9.17, 15) is 10.1 Å². The number of nitrogens with zero attached hydrogens (tertiary/aromatic N) is 1. The predicted octanol–water partition coefficient (Wildman–Crippen LogP) is 6.21. The van der Waals surface area contributed by atoms with E-state index in [-0.39, 0.29) is 22.7 Å². The van der Waals surface area contributed by atoms with Crippen LogP contribution in [-0.4, -0.2) is 5.97 Å². The third-order valence-electron chi connectivity index (χ3n) is 6.82. The van der Waals surface area contributed by atoms with Crippen LogP contribution in [0.2, 0.25) is 0 Å². The molecule has 5 rings (SSSR count). The van der Waals surface area contributed by atoms with E-state index >= 15 is 0 Å². The Bertz CT molecular complexity index is 1250. The molecule has 4 heteroatoms. The van der Waals surface area contributed by atoms with Crippen molar-refractivity contribution in [1.29, 1.82) is 5.26 Å². The summed E-state index contributed by atoms with van der Waals surface area (Å²) in [4.78, 5) is 13.3. The van der Waals surface area contributed by atoms with Crippen molar-refractivity contribution < 1.29 is 14.3 Å². The number of esters is 1. The maximum Gasteiger partial charge on any atom is 0.312 e. The summed E-state index contributed by atoms with van der Waals surface area (Å²) >= 11 is 0. The molecule has 4 nitrogen and oxygen atoms in total. The molecular formula is C28H23NO3. The van der Waals surface area contributed by atoms with Crippen molar-refractivity contribution in [1.82, 2.24) is 0 Å². The lowest BCUT2D eigenvalue weighted by atomic mass is 9.90. The summed E-state index contributed by atoms with van der Waals surface area (Å²) in [5, 5.41) is 9.77. The minimum absolute atomic E-state index is 0.286. The summed E-state index contributed by atoms with van der Waals surface area (Å²) in [6.45, 7) is 4.17. The Hall–Kier alpha value is -3.84. The maximum absolute atomic E-state index is 13.3. The van der Waals surface area contributed by atoms with Crippen LogP contribution in [0.15, 0.2) is 84.9 Å². The van der Waals surface area contributed by atoms with Crippen molar-refractivity contribution in [3.63, 3.8) is 0 Å². The summed E-state index contributed by atoms with van der Waals surface area (Å²) in [5.74, 6) is 0.594. The number of hydrogen-bond donors (Lipinski definition) is 0. The SMILES string of the molecule is CC1(C)[C@H](C(=O)O[C@@H](C#N)c2cccc(Oc3ccccc3)c2)[C@]12C=Cc1ccccc12. The monoisotopic (exact) mass is 421 g/mol. The summed E-state index contributed by atoms with van der Waals surface area (Å²) in [6.07, 6.45) is 3.20. The Labute approximate surface area is 187 Å². The van der Waals surface area contributed by atoms with Crippen LogP contribution in [0.4, 0.5) is 0 Å². The van der Waals surface area contributed by atoms with Gasteiger partial charge in [0.15, 0.2) is 0 Å². The van der Waals surface area contributed by atoms with E-state index in [1.54, 1.807) is 18.2 Å². The molecule has 0 N–H and O–H groups in total. The zero-order valence-corrected chi connectivity index (χ0v) is 18.0. The predicted molar refractivity (Wildman–Crippen MR) is 122 cm³/mol. The van der Waals surface area contributed by atoms with Gasteiger partial charge in [-0.05, 0) is 40.8 Å². The highest BCUT2D eigenvalue weighted by atomic mass is 16.5. The molecule has 0 unspecified atom stereocenters. The molecule has 0 amide bonds. The molecule has 3 atom stereocenters. The van der Waals surface area contributed by atoms with Crippen LogP contribution in [0.3, 0.4) is 0 Å². The van der Waals surface area contributed by atoms with Crippen LogP contribution in [0.1, 0.15) is 36.6 Å². The van der Waals surface area contributed by atoms with Gasteiger partial charge in [-0.2, -0.15) is 5.26 Å². The smallest absolute Gasteiger partial charge is 0.312 e. The quantitative estimate of drug-likeness (QED) is 0.460. The fourth-order valence-corrected chi connectivity index (χ4v) is 5.14. The second kappa shape index (κ2) is 7.39. The van der Waals surface area contributed by atoms with E-state index in [1.165, 1.54) is 0 Å². The second-order valence-electron chi connectivity index (χ2n) is 8.88. The molecule has 2 aliphatic carbocycles. The normalized spacial score (nSPS) is 22.6. The molecule has 0 aliphatic heterocycles. The van der Waals surface area contributed by atoms with Gasteiger partial charge in [-0.15, -0.1) is 0 Å². The second-order valence-corrected chi connectivity index (χ2v) is 8.88. The molecule has 1 fully saturated rings. The highest BCUT2D eigenvalue weighted by molar-refractivity contribution is 5.87. The molecule has 0 saturated heterocycles. The fourth-order valence-electron chi connectivity index (χ4n) is 5.14. The van der Waals surface area contributed by atoms with E-state index in [0.717, 1.165) is 11.1 Å². The summed E-state index contributed by atoms with van der Waals surface area (Å²) in [7, 11) is 0. The van der Waals surface area contributed by atoms with Gasteiger partial charge in [0, 0.05) is 11.0 Å². The minimum Gasteiger partial charge on any atom is -0.457 e. The van der Waals surface area contributed by atoms with Gasteiger partial charge in [-0.1, -0.05) is 80.6 Å². The minimum atomic E-state index is -1.00. The molecular weight excluding hydrogens is 398 g/mol. The van der Waals surface area contributed by atoms with Crippen LogP contribution < -0.4 is 4.74 Å². The molecule has 158 valence electrons. The molecule has 1 spiro atoms. The third-order valence-corrected chi connectivity index (χ3v) is 6.82. The highest BCUT2D eigenvalue weighted by Crippen LogP contribution is 2.73. The average Bonchev–Trinajstić information content (AvgIpc) is 3.09. The van der Waals surface area contributed by atoms with Crippen molar-refractivity contribution >= 4 is 12.0 Å². The number of benzene rings is 3. The van der Waals surface area contributed by atoms with Crippen molar-refractivity contribution in [3.05, 3.63) is 102 Å². The first-order valence-electron chi connectivity index (χ1n) is 10.7. The average molecular weight is 421 g/mol. The van der Waals surface area contributed by atoms with Gasteiger partial charge in [0.25, 0.3) is 0 Å². The largest absolute Gasteiger partial charge is 0.457 e. The Kier molecular flexibility index (Phi) is 4.64. The van der Waals surface area contributed by atoms with E-state index in [1.807, 2.05) is 48.5 Å². The number of carbonyl (C=O) groups is 1. The molecule has 3 aromatic carbocycles. The summed E-state index contributed by atoms with van der Waals surface area (Å²) < 4.78 is 11.6. The molecule has 32 heavy (non-hydrogen) atoms. The lowest BCUT2D eigenvalue weighted by molar-refractivity contribution is -0.149. The van der Waals surface area contributed by atoms with Crippen molar-refractivity contribution in [2.24, 2.45) is 11.3 Å². The fraction of sp³-hybridized carbons (Fsp3) is 0.214. The molecule has 2 aliphatic rings. The lowest BCUT2D eigenvalue weighted by Crippen LogP contribution is -2.17. The first kappa shape index (κ1) is 20.1. The van der Waals surface area contributed by atoms with Crippen molar-refractivity contribution in [2.75, 3.05) is 0 Å². The number of fused-ring (bicyclic) bond motifs is 2.